The van der Waals surface area contributed by atoms with E-state index < -0.39 is 0 Å². The van der Waals surface area contributed by atoms with Gasteiger partial charge in [-0.3, -0.25) is 0 Å². The van der Waals surface area contributed by atoms with Gasteiger partial charge in [-0.05, 0) is 12.1 Å². The van der Waals surface area contributed by atoms with Crippen LogP contribution in [0.5, 0.6) is 0 Å². The van der Waals surface area contributed by atoms with Crippen LogP contribution in [-0.4, -0.2) is 24.7 Å². The monoisotopic (exact) mass is 222 g/mol. The number of para-hydroxylation sites is 1. The largest absolute Gasteiger partial charge is 0.380 e. The summed E-state index contributed by atoms with van der Waals surface area (Å²) in [5, 5.41) is 1.09. The van der Waals surface area contributed by atoms with Gasteiger partial charge in [-0.2, -0.15) is 0 Å². The van der Waals surface area contributed by atoms with Crippen molar-refractivity contribution in [2.45, 2.75) is 12.5 Å². The van der Waals surface area contributed by atoms with E-state index in [1.807, 2.05) is 18.2 Å². The maximum Gasteiger partial charge on any atom is 0.0964 e. The Balaban J connectivity index is 2.21. The van der Waals surface area contributed by atoms with E-state index in [1.54, 1.807) is 18.4 Å². The molecule has 3 nitrogen and oxygen atoms in total. The lowest BCUT2D eigenvalue weighted by Crippen LogP contribution is -2.24. The van der Waals surface area contributed by atoms with Crippen LogP contribution in [-0.2, 0) is 11.2 Å². The summed E-state index contributed by atoms with van der Waals surface area (Å²) >= 11 is 1.71. The predicted molar refractivity (Wildman–Crippen MR) is 63.2 cm³/mol. The van der Waals surface area contributed by atoms with Crippen LogP contribution in [0, 0.1) is 0 Å². The Morgan fingerprint density at radius 1 is 1.47 bits per heavy atom. The molecule has 0 saturated carbocycles. The molecule has 1 aromatic carbocycles. The van der Waals surface area contributed by atoms with Crippen molar-refractivity contribution in [1.29, 1.82) is 0 Å². The topological polar surface area (TPSA) is 48.1 Å². The first-order valence-electron chi connectivity index (χ1n) is 4.91. The molecule has 0 spiro atoms. The second-order valence-electron chi connectivity index (χ2n) is 3.37. The van der Waals surface area contributed by atoms with Gasteiger partial charge in [0, 0.05) is 20.1 Å². The molecule has 2 N–H and O–H groups in total. The number of nitrogens with zero attached hydrogens (tertiary/aromatic N) is 1. The Labute approximate surface area is 92.9 Å². The van der Waals surface area contributed by atoms with Gasteiger partial charge in [0.05, 0.1) is 21.3 Å². The SMILES string of the molecule is COC(CN)Cc1nc2ccccc2s1. The number of rotatable bonds is 4. The van der Waals surface area contributed by atoms with Gasteiger partial charge in [-0.15, -0.1) is 11.3 Å². The van der Waals surface area contributed by atoms with Crippen LogP contribution >= 0.6 is 11.3 Å². The van der Waals surface area contributed by atoms with Crippen molar-refractivity contribution in [3.05, 3.63) is 29.3 Å². The molecule has 0 saturated heterocycles. The lowest BCUT2D eigenvalue weighted by Gasteiger charge is -2.09. The molecule has 80 valence electrons. The van der Waals surface area contributed by atoms with Gasteiger partial charge < -0.3 is 10.5 Å². The van der Waals surface area contributed by atoms with E-state index in [4.69, 9.17) is 10.5 Å². The summed E-state index contributed by atoms with van der Waals surface area (Å²) in [6.07, 6.45) is 0.873. The van der Waals surface area contributed by atoms with E-state index in [1.165, 1.54) is 4.70 Å². The zero-order chi connectivity index (χ0) is 10.7. The number of nitrogens with two attached hydrogens (primary N) is 1. The first-order valence-corrected chi connectivity index (χ1v) is 5.72. The Morgan fingerprint density at radius 3 is 2.93 bits per heavy atom. The minimum Gasteiger partial charge on any atom is -0.380 e. The molecule has 0 bridgehead atoms. The van der Waals surface area contributed by atoms with E-state index in [-0.39, 0.29) is 6.10 Å². The Bertz CT molecular complexity index is 404. The lowest BCUT2D eigenvalue weighted by atomic mass is 10.2. The molecule has 1 unspecified atom stereocenters. The first kappa shape index (κ1) is 10.5. The molecule has 1 heterocycles. The zero-order valence-corrected chi connectivity index (χ0v) is 9.46. The summed E-state index contributed by atoms with van der Waals surface area (Å²) in [6.45, 7) is 0.534. The summed E-state index contributed by atoms with van der Waals surface area (Å²) in [5.41, 5.74) is 6.64. The quantitative estimate of drug-likeness (QED) is 0.858. The number of aromatic nitrogens is 1. The van der Waals surface area contributed by atoms with E-state index >= 15 is 0 Å². The normalized spacial score (nSPS) is 13.2. The highest BCUT2D eigenvalue weighted by molar-refractivity contribution is 7.18. The van der Waals surface area contributed by atoms with Crippen LogP contribution in [0.15, 0.2) is 24.3 Å². The van der Waals surface area contributed by atoms with Gasteiger partial charge in [0.25, 0.3) is 0 Å². The average molecular weight is 222 g/mol. The minimum atomic E-state index is 0.0746. The summed E-state index contributed by atoms with van der Waals surface area (Å²) in [5.74, 6) is 0. The Hall–Kier alpha value is -0.970. The molecule has 15 heavy (non-hydrogen) atoms. The van der Waals surface area contributed by atoms with Crippen LogP contribution < -0.4 is 5.73 Å². The van der Waals surface area contributed by atoms with Gasteiger partial charge in [0.15, 0.2) is 0 Å². The fourth-order valence-corrected chi connectivity index (χ4v) is 2.50. The molecule has 1 atom stereocenters. The second kappa shape index (κ2) is 4.70. The van der Waals surface area contributed by atoms with Crippen LogP contribution in [0.2, 0.25) is 0 Å². The van der Waals surface area contributed by atoms with Crippen molar-refractivity contribution in [3.8, 4) is 0 Å². The smallest absolute Gasteiger partial charge is 0.0964 e. The summed E-state index contributed by atoms with van der Waals surface area (Å²) < 4.78 is 6.46. The van der Waals surface area contributed by atoms with Crippen molar-refractivity contribution in [1.82, 2.24) is 4.98 Å². The lowest BCUT2D eigenvalue weighted by molar-refractivity contribution is 0.110. The fraction of sp³-hybridized carbons (Fsp3) is 0.364. The number of fused-ring (bicyclic) bond motifs is 1. The summed E-state index contributed by atoms with van der Waals surface area (Å²) in [6, 6.07) is 8.14. The first-order chi connectivity index (χ1) is 7.33. The van der Waals surface area contributed by atoms with E-state index in [0.717, 1.165) is 16.9 Å². The molecule has 0 aliphatic rings. The number of benzene rings is 1. The number of thiazole rings is 1. The maximum absolute atomic E-state index is 5.58. The molecule has 2 rings (SSSR count). The van der Waals surface area contributed by atoms with Gasteiger partial charge in [0.1, 0.15) is 0 Å². The minimum absolute atomic E-state index is 0.0746. The Morgan fingerprint density at radius 2 is 2.27 bits per heavy atom. The molecule has 2 aromatic rings. The van der Waals surface area contributed by atoms with Crippen molar-refractivity contribution < 1.29 is 4.74 Å². The van der Waals surface area contributed by atoms with Gasteiger partial charge in [0.2, 0.25) is 0 Å². The molecule has 0 radical (unpaired) electrons. The molecule has 0 aliphatic heterocycles. The maximum atomic E-state index is 5.58. The van der Waals surface area contributed by atoms with Crippen molar-refractivity contribution in [3.63, 3.8) is 0 Å². The molecular weight excluding hydrogens is 208 g/mol. The van der Waals surface area contributed by atoms with E-state index in [9.17, 15) is 0 Å². The second-order valence-corrected chi connectivity index (χ2v) is 4.49. The molecule has 0 aliphatic carbocycles. The molecule has 1 aromatic heterocycles. The fourth-order valence-electron chi connectivity index (χ4n) is 1.46. The van der Waals surface area contributed by atoms with Crippen molar-refractivity contribution in [2.24, 2.45) is 5.73 Å². The van der Waals surface area contributed by atoms with Crippen LogP contribution in [0.1, 0.15) is 5.01 Å². The van der Waals surface area contributed by atoms with E-state index in [0.29, 0.717) is 6.54 Å². The van der Waals surface area contributed by atoms with Gasteiger partial charge >= 0.3 is 0 Å². The van der Waals surface area contributed by atoms with Gasteiger partial charge in [-0.1, -0.05) is 12.1 Å². The Kier molecular flexibility index (Phi) is 3.30. The third-order valence-electron chi connectivity index (χ3n) is 2.34. The number of hydrogen-bond acceptors (Lipinski definition) is 4. The van der Waals surface area contributed by atoms with Crippen molar-refractivity contribution in [2.75, 3.05) is 13.7 Å². The number of ether oxygens (including phenoxy) is 1. The summed E-state index contributed by atoms with van der Waals surface area (Å²) in [4.78, 5) is 4.53. The van der Waals surface area contributed by atoms with Gasteiger partial charge in [-0.25, -0.2) is 4.98 Å². The predicted octanol–water partition coefficient (Wildman–Crippen LogP) is 1.81. The highest BCUT2D eigenvalue weighted by Crippen LogP contribution is 2.22. The van der Waals surface area contributed by atoms with Crippen LogP contribution in [0.25, 0.3) is 10.2 Å². The molecule has 4 heteroatoms. The molecule has 0 fully saturated rings. The van der Waals surface area contributed by atoms with Crippen LogP contribution in [0.4, 0.5) is 0 Å². The highest BCUT2D eigenvalue weighted by Gasteiger charge is 2.10. The summed E-state index contributed by atoms with van der Waals surface area (Å²) in [7, 11) is 1.69. The standard InChI is InChI=1S/C11H14N2OS/c1-14-8(7-12)6-11-13-9-4-2-3-5-10(9)15-11/h2-5,8H,6-7,12H2,1H3. The third kappa shape index (κ3) is 2.34. The molecular formula is C11H14N2OS. The zero-order valence-electron chi connectivity index (χ0n) is 8.64. The third-order valence-corrected chi connectivity index (χ3v) is 3.40. The average Bonchev–Trinajstić information content (AvgIpc) is 2.68. The van der Waals surface area contributed by atoms with Crippen LogP contribution in [0.3, 0.4) is 0 Å². The highest BCUT2D eigenvalue weighted by atomic mass is 32.1. The number of methoxy groups -OCH3 is 1. The van der Waals surface area contributed by atoms with E-state index in [2.05, 4.69) is 11.1 Å². The van der Waals surface area contributed by atoms with Crippen molar-refractivity contribution >= 4 is 21.6 Å². The molecule has 0 amide bonds. The number of hydrogen-bond donors (Lipinski definition) is 1.